The van der Waals surface area contributed by atoms with Crippen LogP contribution in [-0.2, 0) is 4.79 Å². The van der Waals surface area contributed by atoms with Gasteiger partial charge in [-0.3, -0.25) is 4.79 Å². The summed E-state index contributed by atoms with van der Waals surface area (Å²) in [6.45, 7) is 2.17. The van der Waals surface area contributed by atoms with Crippen LogP contribution in [0.3, 0.4) is 0 Å². The van der Waals surface area contributed by atoms with Crippen molar-refractivity contribution in [2.45, 2.75) is 37.6 Å². The van der Waals surface area contributed by atoms with E-state index in [1.54, 1.807) is 0 Å². The number of carbonyl (C=O) groups excluding carboxylic acids is 1. The first-order valence-electron chi connectivity index (χ1n) is 7.85. The minimum Gasteiger partial charge on any atom is -0.352 e. The Morgan fingerprint density at radius 3 is 2.62 bits per heavy atom. The number of benzene rings is 1. The second-order valence-electron chi connectivity index (χ2n) is 6.74. The lowest BCUT2D eigenvalue weighted by molar-refractivity contribution is -0.123. The molecule has 4 heteroatoms. The van der Waals surface area contributed by atoms with Gasteiger partial charge in [-0.25, -0.2) is 0 Å². The summed E-state index contributed by atoms with van der Waals surface area (Å²) in [7, 11) is 0. The molecular formula is C17H23ClN2O. The fourth-order valence-electron chi connectivity index (χ4n) is 3.90. The van der Waals surface area contributed by atoms with Crippen molar-refractivity contribution in [1.29, 1.82) is 0 Å². The van der Waals surface area contributed by atoms with Crippen LogP contribution in [-0.4, -0.2) is 25.0 Å². The highest BCUT2D eigenvalue weighted by Crippen LogP contribution is 2.58. The summed E-state index contributed by atoms with van der Waals surface area (Å²) < 4.78 is 0. The monoisotopic (exact) mass is 306 g/mol. The van der Waals surface area contributed by atoms with Crippen molar-refractivity contribution < 1.29 is 4.79 Å². The maximum Gasteiger partial charge on any atom is 0.223 e. The van der Waals surface area contributed by atoms with E-state index in [0.29, 0.717) is 29.2 Å². The van der Waals surface area contributed by atoms with E-state index >= 15 is 0 Å². The molecule has 1 heterocycles. The topological polar surface area (TPSA) is 41.1 Å². The van der Waals surface area contributed by atoms with Gasteiger partial charge in [0.25, 0.3) is 0 Å². The van der Waals surface area contributed by atoms with E-state index in [2.05, 4.69) is 34.9 Å². The van der Waals surface area contributed by atoms with Crippen LogP contribution in [0, 0.1) is 11.3 Å². The highest BCUT2D eigenvalue weighted by Gasteiger charge is 2.58. The first-order valence-corrected chi connectivity index (χ1v) is 7.85. The van der Waals surface area contributed by atoms with Crippen molar-refractivity contribution in [3.63, 3.8) is 0 Å². The summed E-state index contributed by atoms with van der Waals surface area (Å²) in [4.78, 5) is 12.4. The van der Waals surface area contributed by atoms with Gasteiger partial charge in [0.1, 0.15) is 0 Å². The molecule has 3 atom stereocenters. The maximum atomic E-state index is 12.4. The summed E-state index contributed by atoms with van der Waals surface area (Å²) in [6, 6.07) is 10.9. The van der Waals surface area contributed by atoms with Gasteiger partial charge >= 0.3 is 0 Å². The predicted octanol–water partition coefficient (Wildman–Crippen LogP) is 2.47. The number of rotatable bonds is 3. The third-order valence-electron chi connectivity index (χ3n) is 5.45. The van der Waals surface area contributed by atoms with Gasteiger partial charge in [-0.05, 0) is 49.8 Å². The number of halogens is 1. The van der Waals surface area contributed by atoms with Crippen LogP contribution in [0.1, 0.15) is 37.2 Å². The fraction of sp³-hybridized carbons (Fsp3) is 0.588. The molecular weight excluding hydrogens is 284 g/mol. The normalized spacial score (nSPS) is 32.1. The molecule has 1 aromatic carbocycles. The van der Waals surface area contributed by atoms with E-state index in [9.17, 15) is 4.79 Å². The molecule has 1 amide bonds. The Morgan fingerprint density at radius 2 is 1.90 bits per heavy atom. The molecule has 3 fully saturated rings. The molecule has 3 aliphatic rings. The van der Waals surface area contributed by atoms with Gasteiger partial charge < -0.3 is 10.6 Å². The van der Waals surface area contributed by atoms with Crippen molar-refractivity contribution in [2.75, 3.05) is 13.1 Å². The SMILES string of the molecule is Cl.O=C(NC1CC1c1ccccc1)C1CC12CCNCC2. The Morgan fingerprint density at radius 1 is 1.19 bits per heavy atom. The lowest BCUT2D eigenvalue weighted by Crippen LogP contribution is -2.34. The largest absolute Gasteiger partial charge is 0.352 e. The van der Waals surface area contributed by atoms with E-state index in [0.717, 1.165) is 25.9 Å². The summed E-state index contributed by atoms with van der Waals surface area (Å²) in [6.07, 6.45) is 4.58. The molecule has 1 saturated heterocycles. The number of hydrogen-bond acceptors (Lipinski definition) is 2. The zero-order valence-electron chi connectivity index (χ0n) is 12.2. The van der Waals surface area contributed by atoms with Gasteiger partial charge in [-0.2, -0.15) is 0 Å². The Balaban J connectivity index is 0.00000132. The second kappa shape index (κ2) is 5.62. The Labute approximate surface area is 132 Å². The van der Waals surface area contributed by atoms with Gasteiger partial charge in [0.2, 0.25) is 5.91 Å². The van der Waals surface area contributed by atoms with Gasteiger partial charge in [-0.1, -0.05) is 30.3 Å². The van der Waals surface area contributed by atoms with Crippen molar-refractivity contribution in [1.82, 2.24) is 10.6 Å². The summed E-state index contributed by atoms with van der Waals surface area (Å²) >= 11 is 0. The molecule has 3 nitrogen and oxygen atoms in total. The van der Waals surface area contributed by atoms with Gasteiger partial charge in [0.05, 0.1) is 0 Å². The van der Waals surface area contributed by atoms with E-state index in [1.165, 1.54) is 18.4 Å². The average Bonchev–Trinajstić information content (AvgIpc) is 3.38. The summed E-state index contributed by atoms with van der Waals surface area (Å²) in [5.74, 6) is 1.15. The third kappa shape index (κ3) is 2.82. The minimum absolute atomic E-state index is 0. The van der Waals surface area contributed by atoms with Crippen molar-refractivity contribution in [3.05, 3.63) is 35.9 Å². The minimum atomic E-state index is 0. The quantitative estimate of drug-likeness (QED) is 0.901. The molecule has 1 aliphatic heterocycles. The fourth-order valence-corrected chi connectivity index (χ4v) is 3.90. The summed E-state index contributed by atoms with van der Waals surface area (Å²) in [5.41, 5.74) is 1.72. The molecule has 2 saturated carbocycles. The van der Waals surface area contributed by atoms with E-state index in [4.69, 9.17) is 0 Å². The first kappa shape index (κ1) is 14.9. The Hall–Kier alpha value is -1.06. The van der Waals surface area contributed by atoms with Gasteiger partial charge in [0, 0.05) is 17.9 Å². The van der Waals surface area contributed by atoms with Crippen LogP contribution in [0.25, 0.3) is 0 Å². The number of amides is 1. The van der Waals surface area contributed by atoms with Crippen LogP contribution in [0.15, 0.2) is 30.3 Å². The number of piperidine rings is 1. The van der Waals surface area contributed by atoms with Crippen molar-refractivity contribution in [2.24, 2.45) is 11.3 Å². The second-order valence-corrected chi connectivity index (χ2v) is 6.74. The smallest absolute Gasteiger partial charge is 0.223 e. The highest BCUT2D eigenvalue weighted by atomic mass is 35.5. The standard InChI is InChI=1S/C17H22N2O.ClH/c20-16(14-11-17(14)6-8-18-9-7-17)19-15-10-13(15)12-4-2-1-3-5-12;/h1-5,13-15,18H,6-11H2,(H,19,20);1H. The molecule has 114 valence electrons. The zero-order valence-corrected chi connectivity index (χ0v) is 13.0. The first-order chi connectivity index (χ1) is 9.78. The zero-order chi connectivity index (χ0) is 13.6. The van der Waals surface area contributed by atoms with Gasteiger partial charge in [-0.15, -0.1) is 12.4 Å². The molecule has 1 spiro atoms. The Bertz CT molecular complexity index is 513. The summed E-state index contributed by atoms with van der Waals surface area (Å²) in [5, 5.41) is 6.67. The lowest BCUT2D eigenvalue weighted by Gasteiger charge is -2.23. The van der Waals surface area contributed by atoms with E-state index in [-0.39, 0.29) is 12.4 Å². The van der Waals surface area contributed by atoms with Crippen LogP contribution in [0.5, 0.6) is 0 Å². The predicted molar refractivity (Wildman–Crippen MR) is 85.6 cm³/mol. The third-order valence-corrected chi connectivity index (χ3v) is 5.45. The van der Waals surface area contributed by atoms with Crippen LogP contribution < -0.4 is 10.6 Å². The van der Waals surface area contributed by atoms with E-state index < -0.39 is 0 Å². The van der Waals surface area contributed by atoms with Crippen LogP contribution >= 0.6 is 12.4 Å². The lowest BCUT2D eigenvalue weighted by atomic mass is 9.92. The van der Waals surface area contributed by atoms with Crippen LogP contribution in [0.2, 0.25) is 0 Å². The molecule has 21 heavy (non-hydrogen) atoms. The van der Waals surface area contributed by atoms with E-state index in [1.807, 2.05) is 6.07 Å². The maximum absolute atomic E-state index is 12.4. The number of carbonyl (C=O) groups is 1. The van der Waals surface area contributed by atoms with Crippen molar-refractivity contribution >= 4 is 18.3 Å². The highest BCUT2D eigenvalue weighted by molar-refractivity contribution is 5.85. The van der Waals surface area contributed by atoms with Crippen molar-refractivity contribution in [3.8, 4) is 0 Å². The molecule has 2 aliphatic carbocycles. The van der Waals surface area contributed by atoms with Gasteiger partial charge in [0.15, 0.2) is 0 Å². The Kier molecular flexibility index (Phi) is 3.98. The number of hydrogen-bond donors (Lipinski definition) is 2. The molecule has 0 radical (unpaired) electrons. The number of nitrogens with one attached hydrogen (secondary N) is 2. The molecule has 3 unspecified atom stereocenters. The molecule has 4 rings (SSSR count). The molecule has 1 aromatic rings. The van der Waals surface area contributed by atoms with Crippen LogP contribution in [0.4, 0.5) is 0 Å². The molecule has 2 N–H and O–H groups in total. The molecule has 0 bridgehead atoms. The molecule has 0 aromatic heterocycles. The average molecular weight is 307 g/mol.